The lowest BCUT2D eigenvalue weighted by molar-refractivity contribution is -0.122. The van der Waals surface area contributed by atoms with Crippen molar-refractivity contribution in [2.75, 3.05) is 19.0 Å². The van der Waals surface area contributed by atoms with Crippen LogP contribution in [0.25, 0.3) is 11.8 Å². The van der Waals surface area contributed by atoms with Gasteiger partial charge in [-0.15, -0.1) is 0 Å². The van der Waals surface area contributed by atoms with Crippen LogP contribution in [0.2, 0.25) is 0 Å². The van der Waals surface area contributed by atoms with Gasteiger partial charge in [0, 0.05) is 20.0 Å². The number of methoxy groups -OCH3 is 1. The number of aromatic nitrogens is 2. The Kier molecular flexibility index (Phi) is 7.76. The molecule has 10 heteroatoms. The van der Waals surface area contributed by atoms with Crippen molar-refractivity contribution < 1.29 is 14.3 Å². The van der Waals surface area contributed by atoms with Crippen molar-refractivity contribution >= 4 is 51.9 Å². The van der Waals surface area contributed by atoms with Crippen LogP contribution in [-0.4, -0.2) is 44.1 Å². The Morgan fingerprint density at radius 3 is 2.47 bits per heavy atom. The Hall–Kier alpha value is -3.63. The number of hydrogen-bond donors (Lipinski definition) is 1. The van der Waals surface area contributed by atoms with Crippen molar-refractivity contribution in [1.82, 2.24) is 14.3 Å². The Bertz CT molecular complexity index is 1390. The van der Waals surface area contributed by atoms with Crippen molar-refractivity contribution in [3.05, 3.63) is 81.1 Å². The summed E-state index contributed by atoms with van der Waals surface area (Å²) in [4.78, 5) is 40.5. The van der Waals surface area contributed by atoms with Gasteiger partial charge < -0.3 is 10.1 Å². The van der Waals surface area contributed by atoms with Crippen LogP contribution in [0.1, 0.15) is 24.1 Å². The molecule has 1 aliphatic rings. The van der Waals surface area contributed by atoms with Crippen LogP contribution >= 0.6 is 24.0 Å². The molecule has 36 heavy (non-hydrogen) atoms. The lowest BCUT2D eigenvalue weighted by atomic mass is 10.2. The van der Waals surface area contributed by atoms with Gasteiger partial charge in [0.25, 0.3) is 11.5 Å². The number of carbonyl (C=O) groups excluding carboxylic acids is 2. The van der Waals surface area contributed by atoms with Gasteiger partial charge in [-0.25, -0.2) is 4.68 Å². The third-order valence-electron chi connectivity index (χ3n) is 5.89. The van der Waals surface area contributed by atoms with Crippen molar-refractivity contribution in [1.29, 1.82) is 0 Å². The van der Waals surface area contributed by atoms with Crippen molar-refractivity contribution in [3.63, 3.8) is 0 Å². The summed E-state index contributed by atoms with van der Waals surface area (Å²) in [6.07, 6.45) is 2.35. The molecule has 2 aromatic carbocycles. The molecule has 3 aromatic rings. The van der Waals surface area contributed by atoms with E-state index in [0.29, 0.717) is 33.6 Å². The monoisotopic (exact) mass is 522 g/mol. The summed E-state index contributed by atoms with van der Waals surface area (Å²) in [5.41, 5.74) is 2.19. The highest BCUT2D eigenvalue weighted by Crippen LogP contribution is 2.33. The van der Waals surface area contributed by atoms with Crippen LogP contribution in [-0.2, 0) is 16.6 Å². The number of hydrogen-bond acceptors (Lipinski definition) is 6. The fraction of sp³-hybridized carbons (Fsp3) is 0.231. The Labute approximate surface area is 218 Å². The smallest absolute Gasteiger partial charge is 0.295 e. The molecular weight excluding hydrogens is 496 g/mol. The predicted molar refractivity (Wildman–Crippen MR) is 146 cm³/mol. The number of rotatable bonds is 8. The van der Waals surface area contributed by atoms with Crippen molar-refractivity contribution in [2.24, 2.45) is 7.05 Å². The van der Waals surface area contributed by atoms with E-state index < -0.39 is 0 Å². The second kappa shape index (κ2) is 11.0. The molecule has 0 radical (unpaired) electrons. The average molecular weight is 523 g/mol. The Balaban J connectivity index is 1.36. The third kappa shape index (κ3) is 5.29. The fourth-order valence-corrected chi connectivity index (χ4v) is 5.16. The molecule has 0 unspecified atom stereocenters. The lowest BCUT2D eigenvalue weighted by Gasteiger charge is -2.14. The summed E-state index contributed by atoms with van der Waals surface area (Å²) in [6.45, 7) is 2.10. The van der Waals surface area contributed by atoms with Crippen LogP contribution in [0, 0.1) is 6.92 Å². The van der Waals surface area contributed by atoms with Crippen molar-refractivity contribution in [2.45, 2.75) is 19.8 Å². The van der Waals surface area contributed by atoms with Crippen LogP contribution in [0.5, 0.6) is 5.75 Å². The normalized spacial score (nSPS) is 14.5. The SMILES string of the molecule is COc1ccc(/C=C2/SC(=S)N(CCCC(=O)Nc3c(C)n(C)n(-c4ccccc4)c3=O)C2=O)cc1. The third-order valence-corrected chi connectivity index (χ3v) is 7.27. The van der Waals surface area contributed by atoms with Gasteiger partial charge in [0.2, 0.25) is 5.91 Å². The van der Waals surface area contributed by atoms with E-state index in [4.69, 9.17) is 17.0 Å². The molecule has 1 fully saturated rings. The van der Waals surface area contributed by atoms with Crippen LogP contribution < -0.4 is 15.6 Å². The summed E-state index contributed by atoms with van der Waals surface area (Å²) in [5, 5.41) is 2.75. The molecular formula is C26H26N4O4S2. The van der Waals surface area contributed by atoms with Crippen LogP contribution in [0.15, 0.2) is 64.3 Å². The van der Waals surface area contributed by atoms with Gasteiger partial charge >= 0.3 is 0 Å². The maximum atomic E-state index is 13.0. The highest BCUT2D eigenvalue weighted by atomic mass is 32.2. The maximum Gasteiger partial charge on any atom is 0.295 e. The maximum absolute atomic E-state index is 13.0. The average Bonchev–Trinajstić information content (AvgIpc) is 3.26. The first-order valence-electron chi connectivity index (χ1n) is 11.3. The second-order valence-corrected chi connectivity index (χ2v) is 9.87. The number of carbonyl (C=O) groups is 2. The molecule has 2 amide bonds. The Morgan fingerprint density at radius 1 is 1.11 bits per heavy atom. The minimum Gasteiger partial charge on any atom is -0.497 e. The Morgan fingerprint density at radius 2 is 1.81 bits per heavy atom. The number of nitrogens with zero attached hydrogens (tertiary/aromatic N) is 3. The number of benzene rings is 2. The summed E-state index contributed by atoms with van der Waals surface area (Å²) in [7, 11) is 3.37. The van der Waals surface area contributed by atoms with E-state index in [2.05, 4.69) is 5.32 Å². The molecule has 1 aliphatic heterocycles. The first-order chi connectivity index (χ1) is 17.3. The number of thioether (sulfide) groups is 1. The minimum absolute atomic E-state index is 0.147. The zero-order valence-corrected chi connectivity index (χ0v) is 21.8. The molecule has 1 N–H and O–H groups in total. The van der Waals surface area contributed by atoms with E-state index in [1.54, 1.807) is 31.8 Å². The molecule has 0 atom stereocenters. The lowest BCUT2D eigenvalue weighted by Crippen LogP contribution is -2.30. The second-order valence-electron chi connectivity index (χ2n) is 8.19. The largest absolute Gasteiger partial charge is 0.497 e. The van der Waals surface area contributed by atoms with E-state index in [-0.39, 0.29) is 29.5 Å². The molecule has 4 rings (SSSR count). The van der Waals surface area contributed by atoms with Gasteiger partial charge in [-0.2, -0.15) is 0 Å². The molecule has 2 heterocycles. The molecule has 1 saturated heterocycles. The molecule has 0 saturated carbocycles. The van der Waals surface area contributed by atoms with E-state index in [9.17, 15) is 14.4 Å². The van der Waals surface area contributed by atoms with Gasteiger partial charge in [0.1, 0.15) is 15.8 Å². The number of para-hydroxylation sites is 1. The number of amides is 2. The molecule has 186 valence electrons. The summed E-state index contributed by atoms with van der Waals surface area (Å²) in [5.74, 6) is 0.272. The van der Waals surface area contributed by atoms with Crippen LogP contribution in [0.4, 0.5) is 5.69 Å². The molecule has 0 spiro atoms. The van der Waals surface area contributed by atoms with Gasteiger partial charge in [-0.3, -0.25) is 24.0 Å². The molecule has 0 bridgehead atoms. The van der Waals surface area contributed by atoms with Gasteiger partial charge in [-0.05, 0) is 49.2 Å². The standard InChI is InChI=1S/C26H26N4O4S2/c1-17-23(25(33)30(28(17)2)19-8-5-4-6-9-19)27-22(31)10-7-15-29-24(32)21(36-26(29)35)16-18-11-13-20(34-3)14-12-18/h4-6,8-9,11-14,16H,7,10,15H2,1-3H3,(H,27,31)/b21-16+. The van der Waals surface area contributed by atoms with E-state index >= 15 is 0 Å². The topological polar surface area (TPSA) is 85.6 Å². The minimum atomic E-state index is -0.296. The quantitative estimate of drug-likeness (QED) is 0.354. The van der Waals surface area contributed by atoms with E-state index in [0.717, 1.165) is 11.3 Å². The predicted octanol–water partition coefficient (Wildman–Crippen LogP) is 4.11. The number of nitrogens with one attached hydrogen (secondary N) is 1. The highest BCUT2D eigenvalue weighted by molar-refractivity contribution is 8.26. The first kappa shape index (κ1) is 25.5. The van der Waals surface area contributed by atoms with Gasteiger partial charge in [0.15, 0.2) is 0 Å². The first-order valence-corrected chi connectivity index (χ1v) is 12.6. The highest BCUT2D eigenvalue weighted by Gasteiger charge is 2.31. The van der Waals surface area contributed by atoms with Gasteiger partial charge in [0.05, 0.1) is 23.4 Å². The number of thiocarbonyl (C=S) groups is 1. The van der Waals surface area contributed by atoms with Crippen molar-refractivity contribution in [3.8, 4) is 11.4 Å². The fourth-order valence-electron chi connectivity index (χ4n) is 3.86. The summed E-state index contributed by atoms with van der Waals surface area (Å²) in [6, 6.07) is 16.6. The van der Waals surface area contributed by atoms with E-state index in [1.807, 2.05) is 54.6 Å². The molecule has 0 aliphatic carbocycles. The number of anilines is 1. The summed E-state index contributed by atoms with van der Waals surface area (Å²) >= 11 is 6.64. The number of ether oxygens (including phenoxy) is 1. The molecule has 8 nitrogen and oxygen atoms in total. The van der Waals surface area contributed by atoms with Gasteiger partial charge in [-0.1, -0.05) is 54.3 Å². The van der Waals surface area contributed by atoms with E-state index in [1.165, 1.54) is 21.3 Å². The van der Waals surface area contributed by atoms with Crippen LogP contribution in [0.3, 0.4) is 0 Å². The zero-order chi connectivity index (χ0) is 25.8. The zero-order valence-electron chi connectivity index (χ0n) is 20.2. The summed E-state index contributed by atoms with van der Waals surface area (Å²) < 4.78 is 8.85. The molecule has 1 aromatic heterocycles.